The second-order valence-corrected chi connectivity index (χ2v) is 6.07. The molecule has 2 aromatic rings. The molecule has 0 spiro atoms. The molecule has 6 heteroatoms. The number of rotatable bonds is 4. The molecule has 0 saturated carbocycles. The number of amides is 1. The first-order valence-corrected chi connectivity index (χ1v) is 7.99. The van der Waals surface area contributed by atoms with Crippen molar-refractivity contribution in [2.24, 2.45) is 0 Å². The zero-order valence-corrected chi connectivity index (χ0v) is 13.2. The summed E-state index contributed by atoms with van der Waals surface area (Å²) in [6.45, 7) is 2.88. The molecule has 1 saturated heterocycles. The summed E-state index contributed by atoms with van der Waals surface area (Å²) in [5, 5.41) is 3.46. The van der Waals surface area contributed by atoms with Crippen LogP contribution in [0, 0.1) is 0 Å². The van der Waals surface area contributed by atoms with Crippen molar-refractivity contribution in [3.05, 3.63) is 40.4 Å². The first-order valence-electron chi connectivity index (χ1n) is 7.99. The van der Waals surface area contributed by atoms with Gasteiger partial charge in [-0.3, -0.25) is 9.59 Å². The molecule has 0 radical (unpaired) electrons. The molecule has 0 aliphatic carbocycles. The number of carbonyl (C=O) groups is 1. The third-order valence-corrected chi connectivity index (χ3v) is 4.26. The number of para-hydroxylation sites is 1. The number of aromatic amines is 1. The third kappa shape index (κ3) is 3.42. The van der Waals surface area contributed by atoms with Crippen molar-refractivity contribution in [3.63, 3.8) is 0 Å². The summed E-state index contributed by atoms with van der Waals surface area (Å²) in [5.41, 5.74) is -0.220. The molecule has 1 aliphatic heterocycles. The highest BCUT2D eigenvalue weighted by molar-refractivity contribution is 5.84. The molecule has 3 rings (SSSR count). The van der Waals surface area contributed by atoms with Crippen LogP contribution < -0.4 is 10.9 Å². The smallest absolute Gasteiger partial charge is 0.258 e. The van der Waals surface area contributed by atoms with Crippen LogP contribution in [0.4, 0.5) is 0 Å². The minimum Gasteiger partial charge on any atom is -0.365 e. The number of benzene rings is 1. The van der Waals surface area contributed by atoms with Crippen molar-refractivity contribution in [1.82, 2.24) is 15.3 Å². The monoisotopic (exact) mass is 315 g/mol. The molecule has 2 heterocycles. The van der Waals surface area contributed by atoms with Gasteiger partial charge in [-0.05, 0) is 38.3 Å². The molecule has 1 aromatic carbocycles. The van der Waals surface area contributed by atoms with Crippen molar-refractivity contribution in [1.29, 1.82) is 0 Å². The summed E-state index contributed by atoms with van der Waals surface area (Å²) in [7, 11) is 0. The number of ether oxygens (including phenoxy) is 1. The minimum atomic E-state index is -0.734. The highest BCUT2D eigenvalue weighted by Crippen LogP contribution is 2.24. The lowest BCUT2D eigenvalue weighted by Gasteiger charge is -2.32. The maximum atomic E-state index is 12.3. The van der Waals surface area contributed by atoms with Gasteiger partial charge in [0.1, 0.15) is 11.4 Å². The number of nitrogens with one attached hydrogen (secondary N) is 2. The van der Waals surface area contributed by atoms with Gasteiger partial charge in [0.2, 0.25) is 0 Å². The fraction of sp³-hybridized carbons (Fsp3) is 0.471. The molecule has 1 fully saturated rings. The van der Waals surface area contributed by atoms with Crippen molar-refractivity contribution in [3.8, 4) is 0 Å². The van der Waals surface area contributed by atoms with Gasteiger partial charge in [-0.2, -0.15) is 0 Å². The van der Waals surface area contributed by atoms with Crippen molar-refractivity contribution >= 4 is 16.8 Å². The summed E-state index contributed by atoms with van der Waals surface area (Å²) in [4.78, 5) is 31.4. The molecule has 1 aromatic heterocycles. The van der Waals surface area contributed by atoms with Crippen LogP contribution in [0.3, 0.4) is 0 Å². The number of nitrogens with zero attached hydrogens (tertiary/aromatic N) is 1. The maximum Gasteiger partial charge on any atom is 0.258 e. The van der Waals surface area contributed by atoms with Crippen LogP contribution in [0.5, 0.6) is 0 Å². The number of carbonyl (C=O) groups excluding carboxylic acids is 1. The van der Waals surface area contributed by atoms with Crippen LogP contribution in [-0.2, 0) is 16.0 Å². The van der Waals surface area contributed by atoms with Gasteiger partial charge in [-0.25, -0.2) is 4.98 Å². The Morgan fingerprint density at radius 3 is 3.00 bits per heavy atom. The van der Waals surface area contributed by atoms with Gasteiger partial charge in [-0.15, -0.1) is 0 Å². The molecule has 1 amide bonds. The van der Waals surface area contributed by atoms with Crippen LogP contribution in [-0.4, -0.2) is 34.6 Å². The number of hydrogen-bond acceptors (Lipinski definition) is 4. The van der Waals surface area contributed by atoms with Crippen molar-refractivity contribution in [2.75, 3.05) is 13.2 Å². The van der Waals surface area contributed by atoms with E-state index in [2.05, 4.69) is 15.3 Å². The number of H-pyrrole nitrogens is 1. The molecule has 23 heavy (non-hydrogen) atoms. The second kappa shape index (κ2) is 6.50. The van der Waals surface area contributed by atoms with Crippen LogP contribution >= 0.6 is 0 Å². The molecular formula is C17H21N3O3. The van der Waals surface area contributed by atoms with E-state index in [1.807, 2.05) is 25.1 Å². The molecule has 6 nitrogen and oxygen atoms in total. The molecule has 1 unspecified atom stereocenters. The van der Waals surface area contributed by atoms with Gasteiger partial charge in [0.15, 0.2) is 0 Å². The van der Waals surface area contributed by atoms with E-state index in [0.29, 0.717) is 36.3 Å². The minimum absolute atomic E-state index is 0.0969. The van der Waals surface area contributed by atoms with E-state index in [9.17, 15) is 9.59 Å². The Hall–Kier alpha value is -2.21. The average Bonchev–Trinajstić information content (AvgIpc) is 2.55. The number of hydrogen-bond donors (Lipinski definition) is 2. The fourth-order valence-electron chi connectivity index (χ4n) is 2.85. The van der Waals surface area contributed by atoms with Gasteiger partial charge < -0.3 is 15.0 Å². The van der Waals surface area contributed by atoms with Crippen LogP contribution in [0.2, 0.25) is 0 Å². The molecule has 0 bridgehead atoms. The maximum absolute atomic E-state index is 12.3. The standard InChI is InChI=1S/C17H21N3O3/c1-17(9-4-5-11-23-17)16(22)18-10-8-14-19-13-7-3-2-6-12(13)15(21)20-14/h2-3,6-7H,4-5,8-11H2,1H3,(H,18,22)(H,19,20,21). The highest BCUT2D eigenvalue weighted by Gasteiger charge is 2.35. The average molecular weight is 315 g/mol. The predicted octanol–water partition coefficient (Wildman–Crippen LogP) is 1.54. The quantitative estimate of drug-likeness (QED) is 0.896. The summed E-state index contributed by atoms with van der Waals surface area (Å²) >= 11 is 0. The molecule has 2 N–H and O–H groups in total. The SMILES string of the molecule is CC1(C(=O)NCCc2nc3ccccc3c(=O)[nH]2)CCCCO1. The molecule has 122 valence electrons. The van der Waals surface area contributed by atoms with Crippen LogP contribution in [0.1, 0.15) is 32.0 Å². The molecule has 1 atom stereocenters. The van der Waals surface area contributed by atoms with E-state index in [-0.39, 0.29) is 11.5 Å². The van der Waals surface area contributed by atoms with Crippen LogP contribution in [0.25, 0.3) is 10.9 Å². The number of aromatic nitrogens is 2. The zero-order valence-electron chi connectivity index (χ0n) is 13.2. The van der Waals surface area contributed by atoms with Gasteiger partial charge in [-0.1, -0.05) is 12.1 Å². The number of fused-ring (bicyclic) bond motifs is 1. The van der Waals surface area contributed by atoms with Crippen LogP contribution in [0.15, 0.2) is 29.1 Å². The summed E-state index contributed by atoms with van der Waals surface area (Å²) in [6.07, 6.45) is 3.22. The Balaban J connectivity index is 1.62. The van der Waals surface area contributed by atoms with Gasteiger partial charge in [0.25, 0.3) is 11.5 Å². The lowest BCUT2D eigenvalue weighted by atomic mass is 9.95. The fourth-order valence-corrected chi connectivity index (χ4v) is 2.85. The predicted molar refractivity (Wildman–Crippen MR) is 87.3 cm³/mol. The Morgan fingerprint density at radius 1 is 1.39 bits per heavy atom. The first kappa shape index (κ1) is 15.7. The topological polar surface area (TPSA) is 84.1 Å². The van der Waals surface area contributed by atoms with Gasteiger partial charge in [0.05, 0.1) is 10.9 Å². The Labute approximate surface area is 134 Å². The summed E-state index contributed by atoms with van der Waals surface area (Å²) < 4.78 is 5.62. The van der Waals surface area contributed by atoms with Crippen molar-refractivity contribution < 1.29 is 9.53 Å². The van der Waals surface area contributed by atoms with Gasteiger partial charge >= 0.3 is 0 Å². The summed E-state index contributed by atoms with van der Waals surface area (Å²) in [5.74, 6) is 0.476. The van der Waals surface area contributed by atoms with E-state index in [4.69, 9.17) is 4.74 Å². The molecule has 1 aliphatic rings. The Morgan fingerprint density at radius 2 is 2.22 bits per heavy atom. The Bertz CT molecular complexity index is 763. The van der Waals surface area contributed by atoms with E-state index >= 15 is 0 Å². The first-order chi connectivity index (χ1) is 11.1. The lowest BCUT2D eigenvalue weighted by Crippen LogP contribution is -2.48. The van der Waals surface area contributed by atoms with Crippen molar-refractivity contribution in [2.45, 2.75) is 38.2 Å². The lowest BCUT2D eigenvalue weighted by molar-refractivity contribution is -0.150. The molecular weight excluding hydrogens is 294 g/mol. The van der Waals surface area contributed by atoms with E-state index in [1.165, 1.54) is 0 Å². The highest BCUT2D eigenvalue weighted by atomic mass is 16.5. The van der Waals surface area contributed by atoms with E-state index in [1.54, 1.807) is 6.07 Å². The zero-order chi connectivity index (χ0) is 16.3. The van der Waals surface area contributed by atoms with Gasteiger partial charge in [0, 0.05) is 19.6 Å². The largest absolute Gasteiger partial charge is 0.365 e. The van der Waals surface area contributed by atoms with E-state index in [0.717, 1.165) is 19.3 Å². The normalized spacial score (nSPS) is 21.3. The second-order valence-electron chi connectivity index (χ2n) is 6.07. The summed E-state index contributed by atoms with van der Waals surface area (Å²) in [6, 6.07) is 7.21. The van der Waals surface area contributed by atoms with E-state index < -0.39 is 5.60 Å². The third-order valence-electron chi connectivity index (χ3n) is 4.26. The Kier molecular flexibility index (Phi) is 4.43.